The molecule has 2 aromatic carbocycles. The molecule has 154 valence electrons. The molecule has 2 atom stereocenters. The Labute approximate surface area is 179 Å². The van der Waals surface area contributed by atoms with Crippen LogP contribution in [0.1, 0.15) is 36.0 Å². The lowest BCUT2D eigenvalue weighted by molar-refractivity contribution is -0.139. The predicted molar refractivity (Wildman–Crippen MR) is 115 cm³/mol. The standard InChI is InChI=1S/C21H23Cl2N3O3/c1-3-18(20(27)28)24-21(29)25-19-7-5-4-6-13(19)15-10-26(2)11-16-14(15)8-12(22)9-17(16)23/h4-9,15,18H,3,10-11H2,1-2H3,(H,27,28)(H2,24,25,29). The molecule has 1 aliphatic rings. The lowest BCUT2D eigenvalue weighted by Crippen LogP contribution is -2.42. The van der Waals surface area contributed by atoms with Gasteiger partial charge >= 0.3 is 12.0 Å². The molecular formula is C21H23Cl2N3O3. The van der Waals surface area contributed by atoms with Gasteiger partial charge in [-0.2, -0.15) is 0 Å². The van der Waals surface area contributed by atoms with Crippen molar-refractivity contribution < 1.29 is 14.7 Å². The van der Waals surface area contributed by atoms with Gasteiger partial charge in [-0.1, -0.05) is 48.3 Å². The fourth-order valence-corrected chi connectivity index (χ4v) is 4.25. The van der Waals surface area contributed by atoms with Crippen LogP contribution in [-0.4, -0.2) is 41.6 Å². The number of nitrogens with one attached hydrogen (secondary N) is 2. The van der Waals surface area contributed by atoms with Crippen LogP contribution in [0, 0.1) is 0 Å². The summed E-state index contributed by atoms with van der Waals surface area (Å²) in [6, 6.07) is 9.66. The Bertz CT molecular complexity index is 935. The maximum atomic E-state index is 12.4. The molecule has 0 saturated heterocycles. The number of likely N-dealkylation sites (N-methyl/N-ethyl adjacent to an activating group) is 1. The van der Waals surface area contributed by atoms with Crippen LogP contribution in [0.3, 0.4) is 0 Å². The number of aliphatic carboxylic acids is 1. The average Bonchev–Trinajstić information content (AvgIpc) is 2.66. The smallest absolute Gasteiger partial charge is 0.326 e. The number of amides is 2. The highest BCUT2D eigenvalue weighted by molar-refractivity contribution is 6.35. The van der Waals surface area contributed by atoms with Gasteiger partial charge in [0, 0.05) is 34.7 Å². The van der Waals surface area contributed by atoms with Crippen molar-refractivity contribution in [2.24, 2.45) is 0 Å². The molecule has 2 amide bonds. The molecular weight excluding hydrogens is 413 g/mol. The number of nitrogens with zero attached hydrogens (tertiary/aromatic N) is 1. The lowest BCUT2D eigenvalue weighted by Gasteiger charge is -2.34. The number of carbonyl (C=O) groups is 2. The number of anilines is 1. The number of carboxylic acids is 1. The number of carbonyl (C=O) groups excluding carboxylic acids is 1. The molecule has 3 N–H and O–H groups in total. The van der Waals surface area contributed by atoms with Crippen LogP contribution < -0.4 is 10.6 Å². The zero-order valence-electron chi connectivity index (χ0n) is 16.2. The third-order valence-corrected chi connectivity index (χ3v) is 5.64. The van der Waals surface area contributed by atoms with Crippen molar-refractivity contribution in [3.05, 3.63) is 63.1 Å². The monoisotopic (exact) mass is 435 g/mol. The highest BCUT2D eigenvalue weighted by atomic mass is 35.5. The van der Waals surface area contributed by atoms with Crippen LogP contribution in [0.2, 0.25) is 10.0 Å². The molecule has 3 rings (SSSR count). The molecule has 8 heteroatoms. The molecule has 0 spiro atoms. The Balaban J connectivity index is 1.94. The number of hydrogen-bond donors (Lipinski definition) is 3. The second-order valence-electron chi connectivity index (χ2n) is 7.19. The van der Waals surface area contributed by atoms with Crippen LogP contribution in [0.4, 0.5) is 10.5 Å². The van der Waals surface area contributed by atoms with Crippen LogP contribution in [-0.2, 0) is 11.3 Å². The third-order valence-electron chi connectivity index (χ3n) is 5.09. The zero-order chi connectivity index (χ0) is 21.1. The normalized spacial score (nSPS) is 17.3. The van der Waals surface area contributed by atoms with E-state index >= 15 is 0 Å². The third kappa shape index (κ3) is 4.83. The van der Waals surface area contributed by atoms with Gasteiger partial charge in [0.15, 0.2) is 0 Å². The van der Waals surface area contributed by atoms with E-state index in [-0.39, 0.29) is 5.92 Å². The molecule has 2 aromatic rings. The molecule has 2 unspecified atom stereocenters. The van der Waals surface area contributed by atoms with Crippen LogP contribution in [0.25, 0.3) is 0 Å². The summed E-state index contributed by atoms with van der Waals surface area (Å²) in [4.78, 5) is 25.8. The van der Waals surface area contributed by atoms with E-state index in [1.807, 2.05) is 31.3 Å². The molecule has 29 heavy (non-hydrogen) atoms. The number of benzene rings is 2. The number of rotatable bonds is 5. The van der Waals surface area contributed by atoms with Gasteiger partial charge in [-0.3, -0.25) is 0 Å². The highest BCUT2D eigenvalue weighted by Crippen LogP contribution is 2.40. The van der Waals surface area contributed by atoms with E-state index < -0.39 is 18.0 Å². The second kappa shape index (κ2) is 9.03. The van der Waals surface area contributed by atoms with Crippen molar-refractivity contribution in [3.63, 3.8) is 0 Å². The summed E-state index contributed by atoms with van der Waals surface area (Å²) in [6.07, 6.45) is 0.294. The number of carboxylic acid groups (broad SMARTS) is 1. The first-order chi connectivity index (χ1) is 13.8. The number of urea groups is 1. The Hall–Kier alpha value is -2.28. The van der Waals surface area contributed by atoms with E-state index in [1.165, 1.54) is 0 Å². The minimum Gasteiger partial charge on any atom is -0.480 e. The maximum absolute atomic E-state index is 12.4. The van der Waals surface area contributed by atoms with E-state index in [1.54, 1.807) is 19.1 Å². The topological polar surface area (TPSA) is 81.7 Å². The zero-order valence-corrected chi connectivity index (χ0v) is 17.7. The summed E-state index contributed by atoms with van der Waals surface area (Å²) < 4.78 is 0. The van der Waals surface area contributed by atoms with Gasteiger partial charge < -0.3 is 20.6 Å². The number of para-hydroxylation sites is 1. The van der Waals surface area contributed by atoms with Gasteiger partial charge in [0.25, 0.3) is 0 Å². The van der Waals surface area contributed by atoms with Crippen LogP contribution >= 0.6 is 23.2 Å². The first-order valence-corrected chi connectivity index (χ1v) is 10.1. The fraction of sp³-hybridized carbons (Fsp3) is 0.333. The van der Waals surface area contributed by atoms with Crippen molar-refractivity contribution in [2.45, 2.75) is 31.8 Å². The van der Waals surface area contributed by atoms with Crippen molar-refractivity contribution in [1.82, 2.24) is 10.2 Å². The van der Waals surface area contributed by atoms with E-state index in [2.05, 4.69) is 15.5 Å². The summed E-state index contributed by atoms with van der Waals surface area (Å²) >= 11 is 12.7. The van der Waals surface area contributed by atoms with Crippen molar-refractivity contribution in [3.8, 4) is 0 Å². The van der Waals surface area contributed by atoms with Gasteiger partial charge in [0.1, 0.15) is 6.04 Å². The molecule has 6 nitrogen and oxygen atoms in total. The van der Waals surface area contributed by atoms with Gasteiger partial charge in [-0.05, 0) is 48.4 Å². The number of hydrogen-bond acceptors (Lipinski definition) is 3. The quantitative estimate of drug-likeness (QED) is 0.642. The summed E-state index contributed by atoms with van der Waals surface area (Å²) in [5.41, 5.74) is 3.59. The summed E-state index contributed by atoms with van der Waals surface area (Å²) in [5, 5.41) is 15.7. The van der Waals surface area contributed by atoms with Gasteiger partial charge in [0.05, 0.1) is 0 Å². The minimum absolute atomic E-state index is 0.0436. The minimum atomic E-state index is -1.07. The average molecular weight is 436 g/mol. The van der Waals surface area contributed by atoms with Crippen molar-refractivity contribution in [2.75, 3.05) is 18.9 Å². The van der Waals surface area contributed by atoms with E-state index in [0.717, 1.165) is 23.2 Å². The number of fused-ring (bicyclic) bond motifs is 1. The summed E-state index contributed by atoms with van der Waals surface area (Å²) in [6.45, 7) is 3.15. The Morgan fingerprint density at radius 3 is 2.66 bits per heavy atom. The largest absolute Gasteiger partial charge is 0.480 e. The molecule has 0 radical (unpaired) electrons. The maximum Gasteiger partial charge on any atom is 0.326 e. The first kappa shape index (κ1) is 21.4. The van der Waals surface area contributed by atoms with E-state index in [9.17, 15) is 9.59 Å². The summed E-state index contributed by atoms with van der Waals surface area (Å²) in [7, 11) is 2.02. The molecule has 0 fully saturated rings. The van der Waals surface area contributed by atoms with Gasteiger partial charge in [0.2, 0.25) is 0 Å². The summed E-state index contributed by atoms with van der Waals surface area (Å²) in [5.74, 6) is -1.11. The Kier molecular flexibility index (Phi) is 6.67. The van der Waals surface area contributed by atoms with Crippen LogP contribution in [0.15, 0.2) is 36.4 Å². The molecule has 0 bridgehead atoms. The number of halogens is 2. The molecule has 1 heterocycles. The van der Waals surface area contributed by atoms with E-state index in [0.29, 0.717) is 28.7 Å². The fourth-order valence-electron chi connectivity index (χ4n) is 3.68. The Morgan fingerprint density at radius 1 is 1.24 bits per heavy atom. The van der Waals surface area contributed by atoms with E-state index in [4.69, 9.17) is 28.3 Å². The SMILES string of the molecule is CCC(NC(=O)Nc1ccccc1C1CN(C)Cc2c(Cl)cc(Cl)cc21)C(=O)O. The lowest BCUT2D eigenvalue weighted by atomic mass is 9.84. The highest BCUT2D eigenvalue weighted by Gasteiger charge is 2.29. The Morgan fingerprint density at radius 2 is 1.97 bits per heavy atom. The molecule has 0 aromatic heterocycles. The van der Waals surface area contributed by atoms with Crippen molar-refractivity contribution in [1.29, 1.82) is 0 Å². The van der Waals surface area contributed by atoms with Gasteiger partial charge in [-0.25, -0.2) is 9.59 Å². The molecule has 1 aliphatic heterocycles. The predicted octanol–water partition coefficient (Wildman–Crippen LogP) is 4.56. The second-order valence-corrected chi connectivity index (χ2v) is 8.03. The van der Waals surface area contributed by atoms with Gasteiger partial charge in [-0.15, -0.1) is 0 Å². The molecule has 0 aliphatic carbocycles. The van der Waals surface area contributed by atoms with Crippen molar-refractivity contribution >= 4 is 40.9 Å². The molecule has 0 saturated carbocycles. The first-order valence-electron chi connectivity index (χ1n) is 9.35. The van der Waals surface area contributed by atoms with Crippen LogP contribution in [0.5, 0.6) is 0 Å².